The summed E-state index contributed by atoms with van der Waals surface area (Å²) in [6, 6.07) is 5.92. The molecule has 1 aromatic carbocycles. The summed E-state index contributed by atoms with van der Waals surface area (Å²) in [6.07, 6.45) is 1.82. The van der Waals surface area contributed by atoms with Crippen LogP contribution in [0.5, 0.6) is 11.5 Å². The highest BCUT2D eigenvalue weighted by atomic mass is 16.6. The summed E-state index contributed by atoms with van der Waals surface area (Å²) in [5.41, 5.74) is 1.14. The molecule has 0 aliphatic carbocycles. The lowest BCUT2D eigenvalue weighted by Gasteiger charge is -2.18. The first kappa shape index (κ1) is 14.7. The molecule has 0 aromatic heterocycles. The summed E-state index contributed by atoms with van der Waals surface area (Å²) in [5.74, 6) is 1.63. The Morgan fingerprint density at radius 2 is 2.00 bits per heavy atom. The lowest BCUT2D eigenvalue weighted by molar-refractivity contribution is -0.120. The number of amides is 1. The van der Waals surface area contributed by atoms with Crippen LogP contribution in [0.2, 0.25) is 0 Å². The quantitative estimate of drug-likeness (QED) is 0.734. The first-order valence-corrected chi connectivity index (χ1v) is 7.15. The SMILES string of the molecule is CCCNCC(=O)NCCc1ccc2c(c1)OCCO2. The number of carbonyl (C=O) groups excluding carboxylic acids is 1. The summed E-state index contributed by atoms with van der Waals surface area (Å²) in [6.45, 7) is 5.16. The molecule has 0 spiro atoms. The van der Waals surface area contributed by atoms with Crippen molar-refractivity contribution in [2.75, 3.05) is 32.8 Å². The standard InChI is InChI=1S/C15H22N2O3/c1-2-6-16-11-15(18)17-7-5-12-3-4-13-14(10-12)20-9-8-19-13/h3-4,10,16H,2,5-9,11H2,1H3,(H,17,18). The fourth-order valence-corrected chi connectivity index (χ4v) is 2.03. The molecule has 1 aliphatic rings. The van der Waals surface area contributed by atoms with Gasteiger partial charge in [0, 0.05) is 6.54 Å². The van der Waals surface area contributed by atoms with Gasteiger partial charge < -0.3 is 20.1 Å². The van der Waals surface area contributed by atoms with E-state index in [0.717, 1.165) is 36.4 Å². The maximum Gasteiger partial charge on any atom is 0.233 e. The van der Waals surface area contributed by atoms with Gasteiger partial charge >= 0.3 is 0 Å². The lowest BCUT2D eigenvalue weighted by atomic mass is 10.1. The van der Waals surface area contributed by atoms with Crippen LogP contribution in [0.25, 0.3) is 0 Å². The number of hydrogen-bond acceptors (Lipinski definition) is 4. The summed E-state index contributed by atoms with van der Waals surface area (Å²) in [7, 11) is 0. The van der Waals surface area contributed by atoms with Crippen molar-refractivity contribution in [3.05, 3.63) is 23.8 Å². The Morgan fingerprint density at radius 1 is 1.20 bits per heavy atom. The Kier molecular flexibility index (Phi) is 5.68. The van der Waals surface area contributed by atoms with Crippen molar-refractivity contribution < 1.29 is 14.3 Å². The Bertz CT molecular complexity index is 449. The highest BCUT2D eigenvalue weighted by Gasteiger charge is 2.11. The first-order valence-electron chi connectivity index (χ1n) is 7.15. The predicted molar refractivity (Wildman–Crippen MR) is 77.3 cm³/mol. The van der Waals surface area contributed by atoms with E-state index in [-0.39, 0.29) is 5.91 Å². The molecule has 5 nitrogen and oxygen atoms in total. The summed E-state index contributed by atoms with van der Waals surface area (Å²) in [4.78, 5) is 11.5. The molecule has 0 unspecified atom stereocenters. The predicted octanol–water partition coefficient (Wildman–Crippen LogP) is 1.12. The van der Waals surface area contributed by atoms with Crippen LogP contribution in [0.15, 0.2) is 18.2 Å². The molecule has 5 heteroatoms. The monoisotopic (exact) mass is 278 g/mol. The third kappa shape index (κ3) is 4.42. The van der Waals surface area contributed by atoms with Gasteiger partial charge in [0.05, 0.1) is 6.54 Å². The average Bonchev–Trinajstić information content (AvgIpc) is 2.47. The van der Waals surface area contributed by atoms with E-state index in [1.807, 2.05) is 18.2 Å². The van der Waals surface area contributed by atoms with Crippen LogP contribution in [0.1, 0.15) is 18.9 Å². The molecule has 2 rings (SSSR count). The molecular formula is C15H22N2O3. The minimum absolute atomic E-state index is 0.0380. The van der Waals surface area contributed by atoms with Gasteiger partial charge in [-0.15, -0.1) is 0 Å². The summed E-state index contributed by atoms with van der Waals surface area (Å²) < 4.78 is 11.0. The number of carbonyl (C=O) groups is 1. The van der Waals surface area contributed by atoms with Gasteiger partial charge in [-0.3, -0.25) is 4.79 Å². The van der Waals surface area contributed by atoms with Crippen LogP contribution in [-0.2, 0) is 11.2 Å². The minimum Gasteiger partial charge on any atom is -0.486 e. The number of ether oxygens (including phenoxy) is 2. The van der Waals surface area contributed by atoms with E-state index in [0.29, 0.717) is 26.3 Å². The smallest absolute Gasteiger partial charge is 0.233 e. The average molecular weight is 278 g/mol. The van der Waals surface area contributed by atoms with Gasteiger partial charge in [-0.1, -0.05) is 13.0 Å². The molecule has 1 amide bonds. The molecule has 0 bridgehead atoms. The Balaban J connectivity index is 1.72. The molecule has 0 atom stereocenters. The van der Waals surface area contributed by atoms with Crippen molar-refractivity contribution in [1.29, 1.82) is 0 Å². The molecule has 1 aromatic rings. The number of hydrogen-bond donors (Lipinski definition) is 2. The molecule has 0 saturated carbocycles. The minimum atomic E-state index is 0.0380. The molecule has 110 valence electrons. The van der Waals surface area contributed by atoms with Gasteiger partial charge in [0.25, 0.3) is 0 Å². The summed E-state index contributed by atoms with van der Waals surface area (Å²) in [5, 5.41) is 5.97. The highest BCUT2D eigenvalue weighted by Crippen LogP contribution is 2.30. The van der Waals surface area contributed by atoms with Crippen LogP contribution in [0.4, 0.5) is 0 Å². The molecule has 0 radical (unpaired) electrons. The van der Waals surface area contributed by atoms with Crippen LogP contribution < -0.4 is 20.1 Å². The molecule has 0 fully saturated rings. The normalized spacial score (nSPS) is 13.1. The lowest BCUT2D eigenvalue weighted by Crippen LogP contribution is -2.35. The largest absolute Gasteiger partial charge is 0.486 e. The topological polar surface area (TPSA) is 59.6 Å². The van der Waals surface area contributed by atoms with Gasteiger partial charge in [0.1, 0.15) is 13.2 Å². The molecule has 20 heavy (non-hydrogen) atoms. The van der Waals surface area contributed by atoms with E-state index in [1.54, 1.807) is 0 Å². The van der Waals surface area contributed by atoms with Crippen LogP contribution in [-0.4, -0.2) is 38.8 Å². The second kappa shape index (κ2) is 7.75. The van der Waals surface area contributed by atoms with Crippen molar-refractivity contribution in [1.82, 2.24) is 10.6 Å². The fraction of sp³-hybridized carbons (Fsp3) is 0.533. The second-order valence-electron chi connectivity index (χ2n) is 4.75. The maximum atomic E-state index is 11.5. The number of nitrogens with one attached hydrogen (secondary N) is 2. The van der Waals surface area contributed by atoms with Crippen molar-refractivity contribution in [2.45, 2.75) is 19.8 Å². The van der Waals surface area contributed by atoms with Gasteiger partial charge in [0.2, 0.25) is 5.91 Å². The molecule has 0 saturated heterocycles. The van der Waals surface area contributed by atoms with E-state index in [1.165, 1.54) is 0 Å². The Hall–Kier alpha value is -1.75. The van der Waals surface area contributed by atoms with Gasteiger partial charge in [0.15, 0.2) is 11.5 Å². The summed E-state index contributed by atoms with van der Waals surface area (Å²) >= 11 is 0. The fourth-order valence-electron chi connectivity index (χ4n) is 2.03. The zero-order valence-electron chi connectivity index (χ0n) is 11.9. The highest BCUT2D eigenvalue weighted by molar-refractivity contribution is 5.77. The molecule has 2 N–H and O–H groups in total. The van der Waals surface area contributed by atoms with Gasteiger partial charge in [-0.05, 0) is 37.1 Å². The van der Waals surface area contributed by atoms with Crippen LogP contribution >= 0.6 is 0 Å². The number of fused-ring (bicyclic) bond motifs is 1. The third-order valence-electron chi connectivity index (χ3n) is 3.05. The van der Waals surface area contributed by atoms with Crippen molar-refractivity contribution in [2.24, 2.45) is 0 Å². The number of rotatable bonds is 7. The van der Waals surface area contributed by atoms with Crippen molar-refractivity contribution in [3.63, 3.8) is 0 Å². The molecule has 1 heterocycles. The van der Waals surface area contributed by atoms with Crippen LogP contribution in [0, 0.1) is 0 Å². The van der Waals surface area contributed by atoms with E-state index in [9.17, 15) is 4.79 Å². The van der Waals surface area contributed by atoms with E-state index in [4.69, 9.17) is 9.47 Å². The zero-order chi connectivity index (χ0) is 14.2. The van der Waals surface area contributed by atoms with Gasteiger partial charge in [-0.2, -0.15) is 0 Å². The van der Waals surface area contributed by atoms with Crippen molar-refractivity contribution >= 4 is 5.91 Å². The maximum absolute atomic E-state index is 11.5. The third-order valence-corrected chi connectivity index (χ3v) is 3.05. The van der Waals surface area contributed by atoms with E-state index in [2.05, 4.69) is 17.6 Å². The number of benzene rings is 1. The Labute approximate surface area is 119 Å². The zero-order valence-corrected chi connectivity index (χ0v) is 11.9. The Morgan fingerprint density at radius 3 is 2.80 bits per heavy atom. The van der Waals surface area contributed by atoms with E-state index >= 15 is 0 Å². The first-order chi connectivity index (χ1) is 9.79. The van der Waals surface area contributed by atoms with Crippen LogP contribution in [0.3, 0.4) is 0 Å². The second-order valence-corrected chi connectivity index (χ2v) is 4.75. The molecule has 1 aliphatic heterocycles. The van der Waals surface area contributed by atoms with E-state index < -0.39 is 0 Å². The van der Waals surface area contributed by atoms with Crippen molar-refractivity contribution in [3.8, 4) is 11.5 Å². The molecular weight excluding hydrogens is 256 g/mol. The van der Waals surface area contributed by atoms with Gasteiger partial charge in [-0.25, -0.2) is 0 Å².